The van der Waals surface area contributed by atoms with E-state index >= 15 is 0 Å². The van der Waals surface area contributed by atoms with Crippen LogP contribution in [-0.4, -0.2) is 0 Å². The molecule has 0 nitrogen and oxygen atoms in total. The third-order valence-electron chi connectivity index (χ3n) is 2.87. The molecule has 0 saturated heterocycles. The quantitative estimate of drug-likeness (QED) is 0.586. The van der Waals surface area contributed by atoms with Gasteiger partial charge in [-0.3, -0.25) is 0 Å². The molecule has 0 aromatic heterocycles. The topological polar surface area (TPSA) is 0 Å². The van der Waals surface area contributed by atoms with Crippen LogP contribution in [0.4, 0.5) is 0 Å². The fourth-order valence-electron chi connectivity index (χ4n) is 1.75. The average molecular weight is 406 g/mol. The smallest absolute Gasteiger partial charge is 0 e. The van der Waals surface area contributed by atoms with Crippen LogP contribution in [0.15, 0.2) is 0 Å². The molecule has 0 atom stereocenters. The largest absolute Gasteiger partial charge is 0.343 e. The zero-order chi connectivity index (χ0) is 7.61. The Hall–Kier alpha value is -1.00. The predicted molar refractivity (Wildman–Crippen MR) is 45.7 cm³/mol. The molecule has 0 N–H and O–H groups in total. The van der Waals surface area contributed by atoms with E-state index in [1.165, 1.54) is 25.7 Å². The first-order valence-electron chi connectivity index (χ1n) is 4.43. The predicted octanol–water partition coefficient (Wildman–Crippen LogP) is 3.43. The first kappa shape index (κ1) is 10.0. The van der Waals surface area contributed by atoms with Crippen LogP contribution in [0, 0.1) is 18.3 Å². The van der Waals surface area contributed by atoms with Crippen LogP contribution in [0.3, 0.4) is 0 Å². The normalized spacial score (nSPS) is 24.3. The molecule has 11 heavy (non-hydrogen) atoms. The van der Waals surface area contributed by atoms with Gasteiger partial charge < -0.3 is 6.92 Å². The zero-order valence-corrected chi connectivity index (χ0v) is 14.4. The maximum atomic E-state index is 3.96. The Labute approximate surface area is 65.0 Å². The molecule has 62 valence electrons. The summed E-state index contributed by atoms with van der Waals surface area (Å²) in [7, 11) is 0. The molecular formula is C10H19Rf-. The second-order valence-electron chi connectivity index (χ2n) is 4.40. The van der Waals surface area contributed by atoms with Crippen molar-refractivity contribution in [2.45, 2.75) is 46.0 Å². The van der Waals surface area contributed by atoms with E-state index in [0.29, 0.717) is 5.41 Å². The van der Waals surface area contributed by atoms with Gasteiger partial charge in [0.25, 0.3) is 0 Å². The van der Waals surface area contributed by atoms with Crippen LogP contribution in [-0.2, 0) is 0 Å². The van der Waals surface area contributed by atoms with Gasteiger partial charge in [0.15, 0.2) is 0 Å². The van der Waals surface area contributed by atoms with E-state index in [4.69, 9.17) is 0 Å². The third kappa shape index (κ3) is 2.61. The molecular weight excluding hydrogens is 387 g/mol. The fourth-order valence-corrected chi connectivity index (χ4v) is 1.75. The van der Waals surface area contributed by atoms with Gasteiger partial charge in [0.05, 0.1) is 0 Å². The van der Waals surface area contributed by atoms with Crippen LogP contribution >= 0.6 is 0 Å². The monoisotopic (exact) mass is 406 g/mol. The summed E-state index contributed by atoms with van der Waals surface area (Å²) >= 11 is 0. The van der Waals surface area contributed by atoms with Gasteiger partial charge in [-0.1, -0.05) is 32.6 Å². The van der Waals surface area contributed by atoms with Crippen molar-refractivity contribution < 1.29 is 0 Å². The average Bonchev–Trinajstić information content (AvgIpc) is 1.88. The van der Waals surface area contributed by atoms with Crippen molar-refractivity contribution in [3.8, 4) is 0 Å². The summed E-state index contributed by atoms with van der Waals surface area (Å²) in [5, 5.41) is 0. The molecule has 1 aliphatic rings. The molecule has 1 rings (SSSR count). The van der Waals surface area contributed by atoms with Crippen molar-refractivity contribution in [3.05, 3.63) is 6.92 Å². The SMILES string of the molecule is [CH2-]CC1CCC(C)(C)CC1.[Rf]. The molecule has 0 amide bonds. The van der Waals surface area contributed by atoms with E-state index in [9.17, 15) is 0 Å². The molecule has 1 aliphatic carbocycles. The van der Waals surface area contributed by atoms with Crippen molar-refractivity contribution in [1.82, 2.24) is 0 Å². The molecule has 0 radical (unpaired) electrons. The molecule has 0 aromatic rings. The van der Waals surface area contributed by atoms with E-state index in [1.807, 2.05) is 0 Å². The maximum Gasteiger partial charge on any atom is 0 e. The van der Waals surface area contributed by atoms with E-state index in [1.54, 1.807) is 0 Å². The Morgan fingerprint density at radius 3 is 2.09 bits per heavy atom. The Balaban J connectivity index is 0.000001000. The second kappa shape index (κ2) is 3.41. The van der Waals surface area contributed by atoms with Crippen LogP contribution < -0.4 is 0 Å². The van der Waals surface area contributed by atoms with E-state index in [2.05, 4.69) is 20.8 Å². The van der Waals surface area contributed by atoms with Gasteiger partial charge in [0, 0.05) is 0 Å². The van der Waals surface area contributed by atoms with Crippen molar-refractivity contribution in [1.29, 1.82) is 0 Å². The van der Waals surface area contributed by atoms with E-state index in [0.717, 1.165) is 12.3 Å². The molecule has 0 aromatic carbocycles. The van der Waals surface area contributed by atoms with E-state index < -0.39 is 0 Å². The molecule has 0 heterocycles. The summed E-state index contributed by atoms with van der Waals surface area (Å²) in [5.41, 5.74) is 0.631. The maximum absolute atomic E-state index is 3.96. The minimum Gasteiger partial charge on any atom is -0.343 e. The molecule has 0 bridgehead atoms. The minimum absolute atomic E-state index is 0. The summed E-state index contributed by atoms with van der Waals surface area (Å²) in [6, 6.07) is 0. The Kier molecular flexibility index (Phi) is 3.10. The van der Waals surface area contributed by atoms with Gasteiger partial charge in [0.2, 0.25) is 0 Å². The van der Waals surface area contributed by atoms with Gasteiger partial charge in [-0.2, -0.15) is 6.42 Å². The van der Waals surface area contributed by atoms with Crippen LogP contribution in [0.25, 0.3) is 0 Å². The molecule has 1 fully saturated rings. The summed E-state index contributed by atoms with van der Waals surface area (Å²) < 4.78 is 0. The van der Waals surface area contributed by atoms with E-state index in [-0.39, 0.29) is 0 Å². The molecule has 1 saturated carbocycles. The van der Waals surface area contributed by atoms with Gasteiger partial charge in [-0.25, -0.2) is 0 Å². The van der Waals surface area contributed by atoms with Gasteiger partial charge in [-0.15, -0.1) is 0 Å². The second-order valence-corrected chi connectivity index (χ2v) is 4.40. The fraction of sp³-hybridized carbons (Fsp3) is 0.900. The molecule has 1 heteroatoms. The Morgan fingerprint density at radius 2 is 1.73 bits per heavy atom. The minimum atomic E-state index is 0. The first-order chi connectivity index (χ1) is 4.64. The van der Waals surface area contributed by atoms with Crippen LogP contribution in [0.5, 0.6) is 0 Å². The zero-order valence-electron chi connectivity index (χ0n) is 8.03. The summed E-state index contributed by atoms with van der Waals surface area (Å²) in [6.07, 6.45) is 6.80. The first-order valence-corrected chi connectivity index (χ1v) is 4.43. The van der Waals surface area contributed by atoms with Gasteiger partial charge in [0.1, 0.15) is 0 Å². The van der Waals surface area contributed by atoms with Crippen LogP contribution in [0.2, 0.25) is 0 Å². The standard InChI is InChI=1S/C10H19.Rf/c1-4-9-5-7-10(2,3)8-6-9;/h9H,1,4-8H2,2-3H3;/q-1;. The molecule has 0 spiro atoms. The molecule has 0 unspecified atom stereocenters. The summed E-state index contributed by atoms with van der Waals surface area (Å²) in [5.74, 6) is 0.938. The number of hydrogen-bond acceptors (Lipinski definition) is 0. The Morgan fingerprint density at radius 1 is 1.27 bits per heavy atom. The Bertz CT molecular complexity index is 97.4. The molecule has 0 aliphatic heterocycles. The number of hydrogen-bond donors (Lipinski definition) is 0. The van der Waals surface area contributed by atoms with Crippen molar-refractivity contribution in [3.63, 3.8) is 0 Å². The summed E-state index contributed by atoms with van der Waals surface area (Å²) in [6.45, 7) is 8.72. The van der Waals surface area contributed by atoms with Crippen molar-refractivity contribution >= 4 is 0 Å². The summed E-state index contributed by atoms with van der Waals surface area (Å²) in [4.78, 5) is 0. The van der Waals surface area contributed by atoms with Gasteiger partial charge >= 0.3 is 0 Å². The van der Waals surface area contributed by atoms with Gasteiger partial charge in [-0.05, 0) is 18.3 Å². The van der Waals surface area contributed by atoms with Crippen molar-refractivity contribution in [2.24, 2.45) is 11.3 Å². The van der Waals surface area contributed by atoms with Crippen LogP contribution in [0.1, 0.15) is 46.0 Å². The number of rotatable bonds is 1. The van der Waals surface area contributed by atoms with Crippen molar-refractivity contribution in [2.75, 3.05) is 0 Å². The third-order valence-corrected chi connectivity index (χ3v) is 2.87.